The number of fused-ring (bicyclic) bond motifs is 7. The van der Waals surface area contributed by atoms with Crippen LogP contribution < -0.4 is 36.4 Å². The summed E-state index contributed by atoms with van der Waals surface area (Å²) in [5.41, 5.74) is 26.4. The Kier molecular flexibility index (Phi) is 14.5. The Morgan fingerprint density at radius 3 is 2.00 bits per heavy atom. The summed E-state index contributed by atoms with van der Waals surface area (Å²) in [6.45, 7) is 2.48. The number of benzene rings is 9. The smallest absolute Gasteiger partial charge is 0.256 e. The SMILES string of the molecule is Cc1cccc(-c2ccccc2)c1N1c2cc3c(cc2B2c4ccccc4Oc4cc(N(c5ccc(-c6ccccc6)cc5)c5ccccc5-c5ccccc5)cc1c42)B1C2=C(CCC=C2)N(C2=CCCC=C2)C2CC(N(C4=CCCC=C4)C4CCCCC4)CC(S3)C12. The van der Waals surface area contributed by atoms with Crippen molar-refractivity contribution in [2.75, 3.05) is 9.80 Å². The number of allylic oxidation sites excluding steroid dienone is 10. The second kappa shape index (κ2) is 23.8. The van der Waals surface area contributed by atoms with Crippen molar-refractivity contribution in [2.24, 2.45) is 0 Å². The summed E-state index contributed by atoms with van der Waals surface area (Å²) in [5.74, 6) is 2.23. The third-order valence-electron chi connectivity index (χ3n) is 22.0. The predicted molar refractivity (Wildman–Crippen MR) is 392 cm³/mol. The van der Waals surface area contributed by atoms with E-state index in [4.69, 9.17) is 4.74 Å². The normalized spacial score (nSPS) is 20.7. The van der Waals surface area contributed by atoms with Gasteiger partial charge in [0.05, 0.1) is 17.1 Å². The topological polar surface area (TPSA) is 22.2 Å². The summed E-state index contributed by atoms with van der Waals surface area (Å²) < 4.78 is 7.53. The first-order chi connectivity index (χ1) is 46.1. The maximum absolute atomic E-state index is 7.53. The minimum atomic E-state index is -0.104. The molecule has 4 heterocycles. The second-order valence-corrected chi connectivity index (χ2v) is 28.5. The fourth-order valence-corrected chi connectivity index (χ4v) is 19.7. The zero-order valence-corrected chi connectivity index (χ0v) is 53.9. The lowest BCUT2D eigenvalue weighted by atomic mass is 9.27. The highest BCUT2D eigenvalue weighted by atomic mass is 32.2. The van der Waals surface area contributed by atoms with Gasteiger partial charge in [-0.15, -0.1) is 11.8 Å². The average Bonchev–Trinajstić information content (AvgIpc) is 0.697. The monoisotopic (exact) mass is 1220 g/mol. The number of aryl methyl sites for hydroxylation is 1. The van der Waals surface area contributed by atoms with E-state index >= 15 is 0 Å². The van der Waals surface area contributed by atoms with E-state index in [2.05, 4.69) is 293 Å². The van der Waals surface area contributed by atoms with Crippen LogP contribution in [-0.2, 0) is 0 Å². The number of rotatable bonds is 11. The van der Waals surface area contributed by atoms with E-state index < -0.39 is 0 Å². The van der Waals surface area contributed by atoms with Crippen LogP contribution in [0.25, 0.3) is 33.4 Å². The molecule has 4 aliphatic heterocycles. The van der Waals surface area contributed by atoms with Gasteiger partial charge in [0.1, 0.15) is 11.5 Å². The van der Waals surface area contributed by atoms with Crippen molar-refractivity contribution >= 4 is 81.2 Å². The summed E-state index contributed by atoms with van der Waals surface area (Å²) in [6, 6.07) is 78.5. The maximum Gasteiger partial charge on any atom is 0.256 e. The maximum atomic E-state index is 7.53. The number of nitrogens with zero attached hydrogens (tertiary/aromatic N) is 4. The van der Waals surface area contributed by atoms with Crippen LogP contribution in [0.4, 0.5) is 34.1 Å². The van der Waals surface area contributed by atoms with Crippen molar-refractivity contribution in [1.29, 1.82) is 0 Å². The third-order valence-corrected chi connectivity index (χ3v) is 23.4. The fraction of sp³-hybridized carbons (Fsp3) is 0.224. The van der Waals surface area contributed by atoms with Gasteiger partial charge in [0.2, 0.25) is 6.71 Å². The van der Waals surface area contributed by atoms with Crippen molar-refractivity contribution in [1.82, 2.24) is 9.80 Å². The molecule has 0 bridgehead atoms. The molecule has 5 aliphatic carbocycles. The summed E-state index contributed by atoms with van der Waals surface area (Å²) in [7, 11) is 0. The van der Waals surface area contributed by atoms with Gasteiger partial charge in [-0.1, -0.05) is 230 Å². The molecule has 9 aromatic rings. The van der Waals surface area contributed by atoms with Crippen LogP contribution >= 0.6 is 11.8 Å². The molecule has 0 radical (unpaired) electrons. The molecule has 2 fully saturated rings. The molecule has 0 N–H and O–H groups in total. The fourth-order valence-electron chi connectivity index (χ4n) is 18.1. The molecule has 0 aromatic heterocycles. The highest BCUT2D eigenvalue weighted by molar-refractivity contribution is 8.00. The Morgan fingerprint density at radius 1 is 0.527 bits per heavy atom. The van der Waals surface area contributed by atoms with Gasteiger partial charge in [-0.05, 0) is 170 Å². The molecule has 5 nitrogen and oxygen atoms in total. The number of ether oxygens (including phenoxy) is 1. The third kappa shape index (κ3) is 9.75. The van der Waals surface area contributed by atoms with Gasteiger partial charge in [-0.25, -0.2) is 0 Å². The predicted octanol–water partition coefficient (Wildman–Crippen LogP) is 19.5. The van der Waals surface area contributed by atoms with Gasteiger partial charge >= 0.3 is 0 Å². The van der Waals surface area contributed by atoms with E-state index in [1.54, 1.807) is 11.2 Å². The molecule has 9 aliphatic rings. The second-order valence-electron chi connectivity index (χ2n) is 27.2. The van der Waals surface area contributed by atoms with Crippen LogP contribution in [0.5, 0.6) is 11.5 Å². The van der Waals surface area contributed by atoms with Crippen molar-refractivity contribution in [2.45, 2.75) is 124 Å². The van der Waals surface area contributed by atoms with Crippen molar-refractivity contribution in [3.05, 3.63) is 283 Å². The minimum Gasteiger partial charge on any atom is -0.458 e. The molecule has 18 rings (SSSR count). The first-order valence-electron chi connectivity index (χ1n) is 34.6. The van der Waals surface area contributed by atoms with Crippen molar-refractivity contribution < 1.29 is 4.74 Å². The highest BCUT2D eigenvalue weighted by Crippen LogP contribution is 2.58. The van der Waals surface area contributed by atoms with Crippen LogP contribution in [0.1, 0.15) is 89.0 Å². The van der Waals surface area contributed by atoms with Crippen LogP contribution in [-0.4, -0.2) is 46.6 Å². The Bertz CT molecular complexity index is 4580. The molecule has 4 unspecified atom stereocenters. The molecular weight excluding hydrogens is 1150 g/mol. The number of thioether (sulfide) groups is 1. The Hall–Kier alpha value is -9.10. The molecule has 454 valence electrons. The zero-order chi connectivity index (χ0) is 61.5. The lowest BCUT2D eigenvalue weighted by molar-refractivity contribution is 0.0922. The number of hydrogen-bond acceptors (Lipinski definition) is 6. The molecule has 9 aromatic carbocycles. The van der Waals surface area contributed by atoms with Gasteiger partial charge < -0.3 is 24.3 Å². The largest absolute Gasteiger partial charge is 0.458 e. The van der Waals surface area contributed by atoms with E-state index in [0.717, 1.165) is 83.9 Å². The molecule has 2 saturated carbocycles. The van der Waals surface area contributed by atoms with Gasteiger partial charge in [-0.2, -0.15) is 0 Å². The van der Waals surface area contributed by atoms with Crippen LogP contribution in [0.3, 0.4) is 0 Å². The molecule has 4 atom stereocenters. The van der Waals surface area contributed by atoms with E-state index in [1.807, 2.05) is 0 Å². The minimum absolute atomic E-state index is 0.104. The summed E-state index contributed by atoms with van der Waals surface area (Å²) in [6.07, 6.45) is 35.8. The van der Waals surface area contributed by atoms with Crippen molar-refractivity contribution in [3.63, 3.8) is 0 Å². The number of para-hydroxylation sites is 3. The lowest BCUT2D eigenvalue weighted by Gasteiger charge is -2.59. The Morgan fingerprint density at radius 2 is 1.23 bits per heavy atom. The van der Waals surface area contributed by atoms with Crippen LogP contribution in [0.2, 0.25) is 5.82 Å². The molecule has 0 amide bonds. The van der Waals surface area contributed by atoms with Crippen molar-refractivity contribution in [3.8, 4) is 44.9 Å². The summed E-state index contributed by atoms with van der Waals surface area (Å²) >= 11 is 2.23. The Labute approximate surface area is 554 Å². The quantitative estimate of drug-likeness (QED) is 0.120. The molecular formula is C85H76B2N4OS. The van der Waals surface area contributed by atoms with E-state index in [0.29, 0.717) is 29.2 Å². The van der Waals surface area contributed by atoms with Gasteiger partial charge in [0.25, 0.3) is 6.71 Å². The molecule has 8 heteroatoms. The average molecular weight is 1220 g/mol. The zero-order valence-electron chi connectivity index (χ0n) is 53.1. The number of anilines is 6. The summed E-state index contributed by atoms with van der Waals surface area (Å²) in [5, 5.41) is 0.403. The van der Waals surface area contributed by atoms with Crippen LogP contribution in [0.15, 0.2) is 282 Å². The molecule has 0 spiro atoms. The lowest BCUT2D eigenvalue weighted by Crippen LogP contribution is -2.65. The van der Waals surface area contributed by atoms with Crippen LogP contribution in [0, 0.1) is 6.92 Å². The van der Waals surface area contributed by atoms with Gasteiger partial charge in [0.15, 0.2) is 0 Å². The standard InChI is InChI=1S/C85H76B2N4OS/c1-57-27-26-41-69(61-32-12-4-13-33-61)85(57)91-76-56-81-73(86-70-42-21-24-45-75(70)90(64-38-18-7-19-39-64)78-52-67(54-82(93-81)84(78)86)88(62-34-14-5-15-35-62)63-36-16-6-17-37-63)55-72(76)87-71-43-22-25-46-79(71)92-80-53-66(51-77(91)83(80)87)89(65-49-47-59(48-50-65)58-28-8-2-9-29-58)74-44-23-20-40-68(74)60-30-10-3-11-31-60/h2-4,8-14,18,20-23,25-35,38-44,46-51,53,55-56,63,67,78,82,84H,5-7,15-17,19,24,36-37,45,52,54H2,1H3. The first-order valence-corrected chi connectivity index (χ1v) is 35.5. The number of hydrogen-bond donors (Lipinski definition) is 0. The van der Waals surface area contributed by atoms with Gasteiger partial charge in [0, 0.05) is 79.6 Å². The summed E-state index contributed by atoms with van der Waals surface area (Å²) in [4.78, 5) is 12.6. The highest BCUT2D eigenvalue weighted by Gasteiger charge is 2.57. The molecule has 0 saturated heterocycles. The van der Waals surface area contributed by atoms with E-state index in [9.17, 15) is 0 Å². The first kappa shape index (κ1) is 56.6. The van der Waals surface area contributed by atoms with E-state index in [-0.39, 0.29) is 13.4 Å². The Balaban J connectivity index is 0.883. The van der Waals surface area contributed by atoms with Gasteiger partial charge in [-0.3, -0.25) is 0 Å². The molecule has 93 heavy (non-hydrogen) atoms. The van der Waals surface area contributed by atoms with E-state index in [1.165, 1.54) is 122 Å².